The van der Waals surface area contributed by atoms with Crippen molar-refractivity contribution in [3.05, 3.63) is 88.3 Å². The molecule has 1 aliphatic heterocycles. The van der Waals surface area contributed by atoms with Crippen LogP contribution in [0.25, 0.3) is 10.9 Å². The number of ether oxygens (including phenoxy) is 3. The summed E-state index contributed by atoms with van der Waals surface area (Å²) in [5.41, 5.74) is 4.16. The molecule has 0 aliphatic carbocycles. The van der Waals surface area contributed by atoms with E-state index < -0.39 is 0 Å². The summed E-state index contributed by atoms with van der Waals surface area (Å²) in [7, 11) is 1.62. The molecule has 8 heteroatoms. The van der Waals surface area contributed by atoms with E-state index in [-0.39, 0.29) is 12.0 Å². The van der Waals surface area contributed by atoms with Gasteiger partial charge in [0.05, 0.1) is 20.3 Å². The molecule has 1 saturated heterocycles. The highest BCUT2D eigenvalue weighted by Gasteiger charge is 2.23. The van der Waals surface area contributed by atoms with Crippen LogP contribution in [0, 0.1) is 6.92 Å². The molecule has 1 fully saturated rings. The molecule has 2 aromatic heterocycles. The van der Waals surface area contributed by atoms with Crippen molar-refractivity contribution in [3.8, 4) is 11.5 Å². The first-order chi connectivity index (χ1) is 17.5. The van der Waals surface area contributed by atoms with Crippen molar-refractivity contribution in [2.45, 2.75) is 32.5 Å². The molecule has 0 radical (unpaired) electrons. The van der Waals surface area contributed by atoms with Gasteiger partial charge in [-0.3, -0.25) is 9.78 Å². The van der Waals surface area contributed by atoms with Gasteiger partial charge >= 0.3 is 0 Å². The van der Waals surface area contributed by atoms with Crippen molar-refractivity contribution >= 4 is 28.4 Å². The maximum atomic E-state index is 13.9. The van der Waals surface area contributed by atoms with E-state index in [0.717, 1.165) is 34.0 Å². The highest BCUT2D eigenvalue weighted by atomic mass is 35.5. The van der Waals surface area contributed by atoms with Crippen LogP contribution in [0.2, 0.25) is 5.02 Å². The SMILES string of the molecule is COc1cc(CN(Cc2cccnc2)C(=O)c2[nH]c3ccc(Cl)cc3c2C)ccc1O[C@@H]1CCOC1. The van der Waals surface area contributed by atoms with Crippen LogP contribution in [-0.2, 0) is 17.8 Å². The summed E-state index contributed by atoms with van der Waals surface area (Å²) in [6.45, 7) is 4.00. The second-order valence-corrected chi connectivity index (χ2v) is 9.36. The number of halogens is 1. The van der Waals surface area contributed by atoms with Gasteiger partial charge in [0.1, 0.15) is 11.8 Å². The van der Waals surface area contributed by atoms with E-state index >= 15 is 0 Å². The number of nitrogens with one attached hydrogen (secondary N) is 1. The normalized spacial score (nSPS) is 15.2. The molecule has 1 N–H and O–H groups in total. The van der Waals surface area contributed by atoms with Gasteiger partial charge in [0.15, 0.2) is 11.5 Å². The molecule has 0 unspecified atom stereocenters. The average molecular weight is 506 g/mol. The molecular formula is C28H28ClN3O4. The van der Waals surface area contributed by atoms with E-state index in [4.69, 9.17) is 25.8 Å². The van der Waals surface area contributed by atoms with E-state index in [1.54, 1.807) is 24.4 Å². The van der Waals surface area contributed by atoms with Crippen molar-refractivity contribution in [1.82, 2.24) is 14.9 Å². The number of H-pyrrole nitrogens is 1. The van der Waals surface area contributed by atoms with Crippen LogP contribution in [-0.4, -0.2) is 47.2 Å². The van der Waals surface area contributed by atoms with E-state index in [0.29, 0.717) is 48.5 Å². The Hall–Kier alpha value is -3.55. The van der Waals surface area contributed by atoms with Crippen molar-refractivity contribution in [1.29, 1.82) is 0 Å². The lowest BCUT2D eigenvalue weighted by molar-refractivity contribution is 0.0724. The molecule has 36 heavy (non-hydrogen) atoms. The molecule has 0 spiro atoms. The largest absolute Gasteiger partial charge is 0.493 e. The molecule has 1 amide bonds. The molecule has 2 aromatic carbocycles. The Morgan fingerprint density at radius 1 is 1.17 bits per heavy atom. The zero-order valence-electron chi connectivity index (χ0n) is 20.3. The third kappa shape index (κ3) is 5.17. The number of hydrogen-bond donors (Lipinski definition) is 1. The minimum absolute atomic E-state index is 0.0203. The number of fused-ring (bicyclic) bond motifs is 1. The van der Waals surface area contributed by atoms with Crippen molar-refractivity contribution in [2.75, 3.05) is 20.3 Å². The van der Waals surface area contributed by atoms with Gasteiger partial charge in [0.2, 0.25) is 0 Å². The number of nitrogens with zero attached hydrogens (tertiary/aromatic N) is 2. The first kappa shape index (κ1) is 24.2. The maximum Gasteiger partial charge on any atom is 0.271 e. The molecule has 0 saturated carbocycles. The molecule has 186 valence electrons. The number of aromatic nitrogens is 2. The molecule has 7 nitrogen and oxygen atoms in total. The average Bonchev–Trinajstić information content (AvgIpc) is 3.52. The zero-order chi connectivity index (χ0) is 25.1. The standard InChI is InChI=1S/C28H28ClN3O4/c1-18-23-13-21(29)6-7-24(23)31-27(18)28(33)32(16-20-4-3-10-30-14-20)15-19-5-8-25(26(12-19)34-2)36-22-9-11-35-17-22/h3-8,10,12-14,22,31H,9,11,15-17H2,1-2H3/t22-/m1/s1. The van der Waals surface area contributed by atoms with Gasteiger partial charge in [-0.25, -0.2) is 0 Å². The molecule has 4 aromatic rings. The van der Waals surface area contributed by atoms with Crippen LogP contribution >= 0.6 is 11.6 Å². The molecule has 1 aliphatic rings. The Kier molecular flexibility index (Phi) is 7.11. The van der Waals surface area contributed by atoms with Gasteiger partial charge in [0, 0.05) is 47.8 Å². The van der Waals surface area contributed by atoms with Gasteiger partial charge in [-0.05, 0) is 60.0 Å². The summed E-state index contributed by atoms with van der Waals surface area (Å²) < 4.78 is 17.1. The van der Waals surface area contributed by atoms with Gasteiger partial charge < -0.3 is 24.1 Å². The number of amides is 1. The predicted molar refractivity (Wildman–Crippen MR) is 139 cm³/mol. The number of benzene rings is 2. The summed E-state index contributed by atoms with van der Waals surface area (Å²) in [4.78, 5) is 23.2. The molecule has 3 heterocycles. The van der Waals surface area contributed by atoms with E-state index in [2.05, 4.69) is 9.97 Å². The van der Waals surface area contributed by atoms with Gasteiger partial charge in [-0.2, -0.15) is 0 Å². The number of carbonyl (C=O) groups excluding carboxylic acids is 1. The predicted octanol–water partition coefficient (Wildman–Crippen LogP) is 5.54. The fourth-order valence-electron chi connectivity index (χ4n) is 4.50. The van der Waals surface area contributed by atoms with Gasteiger partial charge in [-0.1, -0.05) is 23.7 Å². The monoisotopic (exact) mass is 505 g/mol. The topological polar surface area (TPSA) is 76.7 Å². The van der Waals surface area contributed by atoms with Crippen molar-refractivity contribution in [2.24, 2.45) is 0 Å². The van der Waals surface area contributed by atoms with Crippen LogP contribution in [0.5, 0.6) is 11.5 Å². The maximum absolute atomic E-state index is 13.9. The lowest BCUT2D eigenvalue weighted by Crippen LogP contribution is -2.31. The molecular weight excluding hydrogens is 478 g/mol. The Labute approximate surface area is 214 Å². The lowest BCUT2D eigenvalue weighted by Gasteiger charge is -2.24. The van der Waals surface area contributed by atoms with Gasteiger partial charge in [-0.15, -0.1) is 0 Å². The third-order valence-electron chi connectivity index (χ3n) is 6.40. The minimum atomic E-state index is -0.105. The summed E-state index contributed by atoms with van der Waals surface area (Å²) in [6, 6.07) is 15.2. The highest BCUT2D eigenvalue weighted by Crippen LogP contribution is 2.32. The summed E-state index contributed by atoms with van der Waals surface area (Å²) in [6.07, 6.45) is 4.37. The van der Waals surface area contributed by atoms with Crippen LogP contribution in [0.1, 0.15) is 33.6 Å². The number of hydrogen-bond acceptors (Lipinski definition) is 5. The fraction of sp³-hybridized carbons (Fsp3) is 0.286. The second kappa shape index (κ2) is 10.6. The van der Waals surface area contributed by atoms with Crippen LogP contribution < -0.4 is 9.47 Å². The summed E-state index contributed by atoms with van der Waals surface area (Å²) in [5, 5.41) is 1.57. The third-order valence-corrected chi connectivity index (χ3v) is 6.64. The number of pyridine rings is 1. The zero-order valence-corrected chi connectivity index (χ0v) is 21.0. The number of carbonyl (C=O) groups is 1. The first-order valence-corrected chi connectivity index (χ1v) is 12.3. The second-order valence-electron chi connectivity index (χ2n) is 8.93. The van der Waals surface area contributed by atoms with Crippen molar-refractivity contribution in [3.63, 3.8) is 0 Å². The van der Waals surface area contributed by atoms with Gasteiger partial charge in [0.25, 0.3) is 5.91 Å². The quantitative estimate of drug-likeness (QED) is 0.340. The van der Waals surface area contributed by atoms with Crippen LogP contribution in [0.15, 0.2) is 60.9 Å². The molecule has 1 atom stereocenters. The smallest absolute Gasteiger partial charge is 0.271 e. The summed E-state index contributed by atoms with van der Waals surface area (Å²) >= 11 is 6.21. The Bertz CT molecular complexity index is 1370. The highest BCUT2D eigenvalue weighted by molar-refractivity contribution is 6.31. The van der Waals surface area contributed by atoms with E-state index in [1.165, 1.54) is 0 Å². The first-order valence-electron chi connectivity index (χ1n) is 11.9. The Morgan fingerprint density at radius 3 is 2.78 bits per heavy atom. The minimum Gasteiger partial charge on any atom is -0.493 e. The van der Waals surface area contributed by atoms with Crippen molar-refractivity contribution < 1.29 is 19.0 Å². The number of aryl methyl sites for hydroxylation is 1. The molecule has 0 bridgehead atoms. The number of rotatable bonds is 8. The lowest BCUT2D eigenvalue weighted by atomic mass is 10.1. The van der Waals surface area contributed by atoms with Crippen LogP contribution in [0.4, 0.5) is 0 Å². The Balaban J connectivity index is 1.45. The fourth-order valence-corrected chi connectivity index (χ4v) is 4.67. The van der Waals surface area contributed by atoms with E-state index in [1.807, 2.05) is 55.5 Å². The number of aromatic amines is 1. The Morgan fingerprint density at radius 2 is 2.03 bits per heavy atom. The number of methoxy groups -OCH3 is 1. The van der Waals surface area contributed by atoms with E-state index in [9.17, 15) is 4.79 Å². The summed E-state index contributed by atoms with van der Waals surface area (Å²) in [5.74, 6) is 1.20. The van der Waals surface area contributed by atoms with Crippen LogP contribution in [0.3, 0.4) is 0 Å². The molecule has 5 rings (SSSR count).